The Bertz CT molecular complexity index is 372. The van der Waals surface area contributed by atoms with Crippen LogP contribution in [0.3, 0.4) is 0 Å². The van der Waals surface area contributed by atoms with Crippen LogP contribution < -0.4 is 4.90 Å². The third-order valence-corrected chi connectivity index (χ3v) is 3.90. The van der Waals surface area contributed by atoms with Crippen LogP contribution in [-0.2, 0) is 0 Å². The highest BCUT2D eigenvalue weighted by Gasteiger charge is 2.21. The molecule has 1 atom stereocenters. The number of aromatic nitrogens is 1. The lowest BCUT2D eigenvalue weighted by molar-refractivity contribution is 0.199. The molecule has 106 valence electrons. The first kappa shape index (κ1) is 14.3. The maximum absolute atomic E-state index is 9.51. The van der Waals surface area contributed by atoms with E-state index >= 15 is 0 Å². The van der Waals surface area contributed by atoms with Crippen molar-refractivity contribution in [1.82, 2.24) is 4.98 Å². The van der Waals surface area contributed by atoms with Crippen molar-refractivity contribution < 1.29 is 10.2 Å². The van der Waals surface area contributed by atoms with Gasteiger partial charge in [0.1, 0.15) is 5.82 Å². The van der Waals surface area contributed by atoms with Crippen LogP contribution >= 0.6 is 0 Å². The van der Waals surface area contributed by atoms with E-state index in [0.717, 1.165) is 11.4 Å². The SMILES string of the molecule is C[C@H](O)c1ccc(N(CCO)C2CCCCC2)nc1. The van der Waals surface area contributed by atoms with Crippen molar-refractivity contribution in [3.8, 4) is 0 Å². The molecule has 1 saturated carbocycles. The van der Waals surface area contributed by atoms with E-state index in [0.29, 0.717) is 12.6 Å². The van der Waals surface area contributed by atoms with Crippen LogP contribution in [0.25, 0.3) is 0 Å². The molecule has 1 heterocycles. The van der Waals surface area contributed by atoms with Crippen LogP contribution in [0.1, 0.15) is 50.7 Å². The average Bonchev–Trinajstić information content (AvgIpc) is 2.46. The van der Waals surface area contributed by atoms with E-state index < -0.39 is 6.10 Å². The Hall–Kier alpha value is -1.13. The summed E-state index contributed by atoms with van der Waals surface area (Å²) in [7, 11) is 0. The first-order valence-corrected chi connectivity index (χ1v) is 7.24. The number of anilines is 1. The molecule has 2 N–H and O–H groups in total. The third kappa shape index (κ3) is 3.67. The predicted octanol–water partition coefficient (Wildman–Crippen LogP) is 2.27. The first-order valence-electron chi connectivity index (χ1n) is 7.24. The standard InChI is InChI=1S/C15H24N2O2/c1-12(19)13-7-8-15(16-11-13)17(9-10-18)14-5-3-2-4-6-14/h7-8,11-12,14,18-19H,2-6,9-10H2,1H3/t12-/m0/s1. The predicted molar refractivity (Wildman–Crippen MR) is 76.2 cm³/mol. The van der Waals surface area contributed by atoms with Gasteiger partial charge in [0.25, 0.3) is 0 Å². The van der Waals surface area contributed by atoms with Crippen molar-refractivity contribution in [1.29, 1.82) is 0 Å². The Morgan fingerprint density at radius 1 is 1.32 bits per heavy atom. The Morgan fingerprint density at radius 3 is 2.58 bits per heavy atom. The van der Waals surface area contributed by atoms with Gasteiger partial charge < -0.3 is 15.1 Å². The van der Waals surface area contributed by atoms with Gasteiger partial charge >= 0.3 is 0 Å². The summed E-state index contributed by atoms with van der Waals surface area (Å²) in [5.41, 5.74) is 0.830. The van der Waals surface area contributed by atoms with Gasteiger partial charge in [-0.2, -0.15) is 0 Å². The van der Waals surface area contributed by atoms with Gasteiger partial charge in [-0.25, -0.2) is 4.98 Å². The lowest BCUT2D eigenvalue weighted by Gasteiger charge is -2.35. The normalized spacial score (nSPS) is 18.3. The number of hydrogen-bond donors (Lipinski definition) is 2. The largest absolute Gasteiger partial charge is 0.395 e. The maximum atomic E-state index is 9.51. The van der Waals surface area contributed by atoms with Gasteiger partial charge in [0.05, 0.1) is 12.7 Å². The molecule has 0 saturated heterocycles. The highest BCUT2D eigenvalue weighted by atomic mass is 16.3. The van der Waals surface area contributed by atoms with Gasteiger partial charge in [-0.15, -0.1) is 0 Å². The van der Waals surface area contributed by atoms with E-state index in [1.54, 1.807) is 13.1 Å². The molecule has 0 aromatic carbocycles. The van der Waals surface area contributed by atoms with E-state index in [1.807, 2.05) is 12.1 Å². The summed E-state index contributed by atoms with van der Waals surface area (Å²) in [6.07, 6.45) is 7.45. The first-order chi connectivity index (χ1) is 9.22. The van der Waals surface area contributed by atoms with E-state index in [1.165, 1.54) is 32.1 Å². The van der Waals surface area contributed by atoms with Gasteiger partial charge in [0.15, 0.2) is 0 Å². The van der Waals surface area contributed by atoms with E-state index in [-0.39, 0.29) is 6.61 Å². The topological polar surface area (TPSA) is 56.6 Å². The second kappa shape index (κ2) is 6.87. The van der Waals surface area contributed by atoms with Crippen LogP contribution in [0.4, 0.5) is 5.82 Å². The highest BCUT2D eigenvalue weighted by Crippen LogP contribution is 2.26. The molecule has 1 aliphatic carbocycles. The zero-order valence-electron chi connectivity index (χ0n) is 11.6. The van der Waals surface area contributed by atoms with Crippen LogP contribution in [-0.4, -0.2) is 34.4 Å². The minimum atomic E-state index is -0.484. The lowest BCUT2D eigenvalue weighted by Crippen LogP contribution is -2.39. The molecule has 4 nitrogen and oxygen atoms in total. The Labute approximate surface area is 115 Å². The third-order valence-electron chi connectivity index (χ3n) is 3.90. The minimum Gasteiger partial charge on any atom is -0.395 e. The van der Waals surface area contributed by atoms with Crippen LogP contribution in [0, 0.1) is 0 Å². The van der Waals surface area contributed by atoms with Crippen molar-refractivity contribution >= 4 is 5.82 Å². The zero-order valence-corrected chi connectivity index (χ0v) is 11.6. The van der Waals surface area contributed by atoms with Crippen molar-refractivity contribution in [2.75, 3.05) is 18.1 Å². The lowest BCUT2D eigenvalue weighted by atomic mass is 9.94. The molecule has 19 heavy (non-hydrogen) atoms. The van der Waals surface area contributed by atoms with E-state index in [9.17, 15) is 10.2 Å². The second-order valence-electron chi connectivity index (χ2n) is 5.33. The summed E-state index contributed by atoms with van der Waals surface area (Å²) in [6, 6.07) is 4.36. The van der Waals surface area contributed by atoms with Crippen LogP contribution in [0.2, 0.25) is 0 Å². The minimum absolute atomic E-state index is 0.149. The molecule has 0 unspecified atom stereocenters. The number of pyridine rings is 1. The Morgan fingerprint density at radius 2 is 2.05 bits per heavy atom. The molecule has 2 rings (SSSR count). The molecule has 4 heteroatoms. The summed E-state index contributed by atoms with van der Waals surface area (Å²) < 4.78 is 0. The smallest absolute Gasteiger partial charge is 0.128 e. The van der Waals surface area contributed by atoms with Crippen molar-refractivity contribution in [2.45, 2.75) is 51.2 Å². The van der Waals surface area contributed by atoms with E-state index in [2.05, 4.69) is 9.88 Å². The number of rotatable bonds is 5. The molecule has 0 radical (unpaired) electrons. The average molecular weight is 264 g/mol. The van der Waals surface area contributed by atoms with Crippen molar-refractivity contribution in [3.05, 3.63) is 23.9 Å². The Kier molecular flexibility index (Phi) is 5.16. The van der Waals surface area contributed by atoms with Crippen LogP contribution in [0.5, 0.6) is 0 Å². The fraction of sp³-hybridized carbons (Fsp3) is 0.667. The molecule has 0 bridgehead atoms. The zero-order chi connectivity index (χ0) is 13.7. The summed E-state index contributed by atoms with van der Waals surface area (Å²) in [4.78, 5) is 6.66. The fourth-order valence-electron chi connectivity index (χ4n) is 2.80. The highest BCUT2D eigenvalue weighted by molar-refractivity contribution is 5.41. The molecule has 0 aliphatic heterocycles. The Balaban J connectivity index is 2.13. The molecule has 0 amide bonds. The van der Waals surface area contributed by atoms with Gasteiger partial charge in [-0.3, -0.25) is 0 Å². The van der Waals surface area contributed by atoms with E-state index in [4.69, 9.17) is 0 Å². The number of aliphatic hydroxyl groups excluding tert-OH is 2. The number of aliphatic hydroxyl groups is 2. The van der Waals surface area contributed by atoms with Crippen molar-refractivity contribution in [3.63, 3.8) is 0 Å². The van der Waals surface area contributed by atoms with Gasteiger partial charge in [0, 0.05) is 18.8 Å². The van der Waals surface area contributed by atoms with Crippen molar-refractivity contribution in [2.24, 2.45) is 0 Å². The molecular weight excluding hydrogens is 240 g/mol. The molecular formula is C15H24N2O2. The van der Waals surface area contributed by atoms with Gasteiger partial charge in [0.2, 0.25) is 0 Å². The molecule has 0 spiro atoms. The summed E-state index contributed by atoms with van der Waals surface area (Å²) in [6.45, 7) is 2.52. The maximum Gasteiger partial charge on any atom is 0.128 e. The quantitative estimate of drug-likeness (QED) is 0.856. The number of nitrogens with zero attached hydrogens (tertiary/aromatic N) is 2. The molecule has 1 aromatic heterocycles. The van der Waals surface area contributed by atoms with Crippen LogP contribution in [0.15, 0.2) is 18.3 Å². The molecule has 1 aliphatic rings. The summed E-state index contributed by atoms with van der Waals surface area (Å²) >= 11 is 0. The van der Waals surface area contributed by atoms with Gasteiger partial charge in [-0.1, -0.05) is 25.3 Å². The second-order valence-corrected chi connectivity index (χ2v) is 5.33. The molecule has 1 fully saturated rings. The summed E-state index contributed by atoms with van der Waals surface area (Å²) in [5, 5.41) is 18.8. The number of hydrogen-bond acceptors (Lipinski definition) is 4. The van der Waals surface area contributed by atoms with Gasteiger partial charge in [-0.05, 0) is 31.4 Å². The monoisotopic (exact) mass is 264 g/mol. The summed E-state index contributed by atoms with van der Waals surface area (Å²) in [5.74, 6) is 0.908. The fourth-order valence-corrected chi connectivity index (χ4v) is 2.80. The molecule has 1 aromatic rings.